The molecule has 4 nitrogen and oxygen atoms in total. The number of ether oxygens (including phenoxy) is 1. The summed E-state index contributed by atoms with van der Waals surface area (Å²) in [5.74, 6) is 0.766. The molecule has 0 saturated heterocycles. The SMILES string of the molecule is CC(=O)N(C(C)=O)c1ccc(Oc2ccc(C)cc2)cc1. The summed E-state index contributed by atoms with van der Waals surface area (Å²) in [6.45, 7) is 4.73. The maximum absolute atomic E-state index is 11.5. The largest absolute Gasteiger partial charge is 0.457 e. The number of rotatable bonds is 3. The second-order valence-corrected chi connectivity index (χ2v) is 4.78. The van der Waals surface area contributed by atoms with Crippen molar-refractivity contribution in [2.24, 2.45) is 0 Å². The molecular formula is C17H17NO3. The van der Waals surface area contributed by atoms with E-state index in [2.05, 4.69) is 0 Å². The molecule has 0 heterocycles. The van der Waals surface area contributed by atoms with Crippen LogP contribution < -0.4 is 9.64 Å². The summed E-state index contributed by atoms with van der Waals surface area (Å²) in [6, 6.07) is 14.6. The van der Waals surface area contributed by atoms with Crippen molar-refractivity contribution < 1.29 is 14.3 Å². The number of carbonyl (C=O) groups excluding carboxylic acids is 2. The van der Waals surface area contributed by atoms with Crippen molar-refractivity contribution in [1.29, 1.82) is 0 Å². The predicted molar refractivity (Wildman–Crippen MR) is 81.5 cm³/mol. The van der Waals surface area contributed by atoms with Crippen molar-refractivity contribution in [3.05, 3.63) is 54.1 Å². The van der Waals surface area contributed by atoms with Crippen LogP contribution in [0.25, 0.3) is 0 Å². The van der Waals surface area contributed by atoms with Gasteiger partial charge in [-0.1, -0.05) is 17.7 Å². The van der Waals surface area contributed by atoms with Gasteiger partial charge in [0, 0.05) is 13.8 Å². The van der Waals surface area contributed by atoms with E-state index in [4.69, 9.17) is 4.74 Å². The van der Waals surface area contributed by atoms with Gasteiger partial charge in [-0.05, 0) is 43.3 Å². The summed E-state index contributed by atoms with van der Waals surface area (Å²) in [6.07, 6.45) is 0. The Kier molecular flexibility index (Phi) is 4.38. The molecule has 2 aromatic rings. The van der Waals surface area contributed by atoms with Gasteiger partial charge >= 0.3 is 0 Å². The predicted octanol–water partition coefficient (Wildman–Crippen LogP) is 3.69. The van der Waals surface area contributed by atoms with Crippen molar-refractivity contribution in [2.45, 2.75) is 20.8 Å². The number of hydrogen-bond donors (Lipinski definition) is 0. The second-order valence-electron chi connectivity index (χ2n) is 4.78. The fourth-order valence-electron chi connectivity index (χ4n) is 1.99. The van der Waals surface area contributed by atoms with Gasteiger partial charge in [0.15, 0.2) is 0 Å². The first kappa shape index (κ1) is 14.8. The zero-order chi connectivity index (χ0) is 15.4. The molecule has 108 valence electrons. The van der Waals surface area contributed by atoms with Gasteiger partial charge in [-0.3, -0.25) is 14.5 Å². The van der Waals surface area contributed by atoms with Crippen molar-refractivity contribution >= 4 is 17.5 Å². The van der Waals surface area contributed by atoms with Gasteiger partial charge in [0.25, 0.3) is 0 Å². The summed E-state index contributed by atoms with van der Waals surface area (Å²) < 4.78 is 5.70. The first-order valence-electron chi connectivity index (χ1n) is 6.63. The maximum Gasteiger partial charge on any atom is 0.230 e. The minimum atomic E-state index is -0.310. The standard InChI is InChI=1S/C17H17NO3/c1-12-4-8-16(9-5-12)21-17-10-6-15(7-11-17)18(13(2)19)14(3)20/h4-11H,1-3H3. The highest BCUT2D eigenvalue weighted by atomic mass is 16.5. The van der Waals surface area contributed by atoms with Crippen LogP contribution in [0.2, 0.25) is 0 Å². The molecule has 4 heteroatoms. The maximum atomic E-state index is 11.5. The Morgan fingerprint density at radius 2 is 1.24 bits per heavy atom. The molecule has 0 fully saturated rings. The van der Waals surface area contributed by atoms with E-state index in [1.165, 1.54) is 13.8 Å². The number of aryl methyl sites for hydroxylation is 1. The fourth-order valence-corrected chi connectivity index (χ4v) is 1.99. The molecule has 0 saturated carbocycles. The zero-order valence-electron chi connectivity index (χ0n) is 12.3. The lowest BCUT2D eigenvalue weighted by atomic mass is 10.2. The summed E-state index contributed by atoms with van der Waals surface area (Å²) in [5.41, 5.74) is 1.70. The van der Waals surface area contributed by atoms with Crippen LogP contribution in [0, 0.1) is 6.92 Å². The highest BCUT2D eigenvalue weighted by Crippen LogP contribution is 2.25. The van der Waals surface area contributed by atoms with Gasteiger partial charge in [0.05, 0.1) is 5.69 Å². The minimum absolute atomic E-state index is 0.310. The average molecular weight is 283 g/mol. The molecule has 0 bridgehead atoms. The quantitative estimate of drug-likeness (QED) is 0.863. The molecule has 0 N–H and O–H groups in total. The van der Waals surface area contributed by atoms with E-state index in [0.717, 1.165) is 16.2 Å². The fraction of sp³-hybridized carbons (Fsp3) is 0.176. The van der Waals surface area contributed by atoms with Crippen LogP contribution in [0.5, 0.6) is 11.5 Å². The number of anilines is 1. The lowest BCUT2D eigenvalue weighted by Gasteiger charge is -2.17. The Labute approximate surface area is 124 Å². The molecule has 0 aliphatic carbocycles. The zero-order valence-corrected chi connectivity index (χ0v) is 12.3. The number of imide groups is 1. The third-order valence-electron chi connectivity index (χ3n) is 2.98. The molecule has 0 radical (unpaired) electrons. The number of nitrogens with zero attached hydrogens (tertiary/aromatic N) is 1. The molecule has 2 aromatic carbocycles. The highest BCUT2D eigenvalue weighted by Gasteiger charge is 2.15. The Morgan fingerprint density at radius 3 is 1.67 bits per heavy atom. The molecule has 0 unspecified atom stereocenters. The third kappa shape index (κ3) is 3.69. The molecule has 0 aliphatic rings. The molecule has 0 spiro atoms. The topological polar surface area (TPSA) is 46.6 Å². The van der Waals surface area contributed by atoms with Gasteiger partial charge in [-0.2, -0.15) is 0 Å². The molecule has 21 heavy (non-hydrogen) atoms. The Morgan fingerprint density at radius 1 is 0.810 bits per heavy atom. The molecule has 0 atom stereocenters. The number of benzene rings is 2. The van der Waals surface area contributed by atoms with E-state index in [-0.39, 0.29) is 11.8 Å². The van der Waals surface area contributed by atoms with E-state index >= 15 is 0 Å². The van der Waals surface area contributed by atoms with Gasteiger partial charge in [-0.25, -0.2) is 0 Å². The van der Waals surface area contributed by atoms with Gasteiger partial charge in [0.1, 0.15) is 11.5 Å². The summed E-state index contributed by atoms with van der Waals surface area (Å²) in [5, 5.41) is 0. The van der Waals surface area contributed by atoms with E-state index < -0.39 is 0 Å². The van der Waals surface area contributed by atoms with Crippen molar-refractivity contribution in [1.82, 2.24) is 0 Å². The molecular weight excluding hydrogens is 266 g/mol. The smallest absolute Gasteiger partial charge is 0.230 e. The third-order valence-corrected chi connectivity index (χ3v) is 2.98. The highest BCUT2D eigenvalue weighted by molar-refractivity contribution is 6.13. The van der Waals surface area contributed by atoms with Crippen LogP contribution >= 0.6 is 0 Å². The monoisotopic (exact) mass is 283 g/mol. The summed E-state index contributed by atoms with van der Waals surface area (Å²) in [4.78, 5) is 24.1. The molecule has 2 rings (SSSR count). The Balaban J connectivity index is 2.16. The van der Waals surface area contributed by atoms with Crippen LogP contribution in [0.4, 0.5) is 5.69 Å². The first-order chi connectivity index (χ1) is 9.97. The van der Waals surface area contributed by atoms with Crippen LogP contribution in [0.3, 0.4) is 0 Å². The van der Waals surface area contributed by atoms with E-state index in [9.17, 15) is 9.59 Å². The van der Waals surface area contributed by atoms with Crippen LogP contribution in [-0.4, -0.2) is 11.8 Å². The lowest BCUT2D eigenvalue weighted by Crippen LogP contribution is -2.32. The van der Waals surface area contributed by atoms with E-state index in [1.807, 2.05) is 31.2 Å². The van der Waals surface area contributed by atoms with Crippen LogP contribution in [-0.2, 0) is 9.59 Å². The van der Waals surface area contributed by atoms with Crippen LogP contribution in [0.1, 0.15) is 19.4 Å². The van der Waals surface area contributed by atoms with E-state index in [0.29, 0.717) is 11.4 Å². The van der Waals surface area contributed by atoms with Gasteiger partial charge in [0.2, 0.25) is 11.8 Å². The summed E-state index contributed by atoms with van der Waals surface area (Å²) >= 11 is 0. The lowest BCUT2D eigenvalue weighted by molar-refractivity contribution is -0.124. The van der Waals surface area contributed by atoms with Gasteiger partial charge < -0.3 is 4.74 Å². The minimum Gasteiger partial charge on any atom is -0.457 e. The van der Waals surface area contributed by atoms with Gasteiger partial charge in [-0.15, -0.1) is 0 Å². The molecule has 0 aromatic heterocycles. The number of carbonyl (C=O) groups is 2. The van der Waals surface area contributed by atoms with E-state index in [1.54, 1.807) is 24.3 Å². The number of amides is 2. The van der Waals surface area contributed by atoms with Crippen molar-refractivity contribution in [3.63, 3.8) is 0 Å². The first-order valence-corrected chi connectivity index (χ1v) is 6.63. The Hall–Kier alpha value is -2.62. The second kappa shape index (κ2) is 6.22. The average Bonchev–Trinajstić information content (AvgIpc) is 2.42. The van der Waals surface area contributed by atoms with Crippen molar-refractivity contribution in [3.8, 4) is 11.5 Å². The molecule has 0 aliphatic heterocycles. The van der Waals surface area contributed by atoms with Crippen molar-refractivity contribution in [2.75, 3.05) is 4.90 Å². The van der Waals surface area contributed by atoms with Crippen LogP contribution in [0.15, 0.2) is 48.5 Å². The Bertz CT molecular complexity index is 631. The normalized spacial score (nSPS) is 10.0. The molecule has 2 amide bonds. The summed E-state index contributed by atoms with van der Waals surface area (Å²) in [7, 11) is 0. The number of hydrogen-bond acceptors (Lipinski definition) is 3.